The van der Waals surface area contributed by atoms with E-state index in [0.29, 0.717) is 11.1 Å². The molecule has 1 heterocycles. The van der Waals surface area contributed by atoms with Crippen molar-refractivity contribution in [2.45, 2.75) is 20.0 Å². The Bertz CT molecular complexity index is 908. The number of hydrogen-bond acceptors (Lipinski definition) is 7. The Kier molecular flexibility index (Phi) is 5.26. The molecule has 7 nitrogen and oxygen atoms in total. The van der Waals surface area contributed by atoms with Gasteiger partial charge in [0.05, 0.1) is 19.8 Å². The van der Waals surface area contributed by atoms with Crippen LogP contribution in [0, 0.1) is 0 Å². The van der Waals surface area contributed by atoms with Crippen LogP contribution in [0.1, 0.15) is 25.5 Å². The molecule has 0 radical (unpaired) electrons. The van der Waals surface area contributed by atoms with Crippen LogP contribution in [0.15, 0.2) is 39.6 Å². The van der Waals surface area contributed by atoms with E-state index < -0.39 is 23.5 Å². The van der Waals surface area contributed by atoms with Gasteiger partial charge < -0.3 is 18.6 Å². The molecule has 0 bridgehead atoms. The fraction of sp³-hybridized carbons (Fsp3) is 0.278. The number of Topliss-reactive ketones (excluding diaryl/α,β-unsaturated/α-hetero) is 1. The number of carbonyl (C=O) groups excluding carboxylic acids is 2. The molecule has 0 aliphatic rings. The van der Waals surface area contributed by atoms with Gasteiger partial charge >= 0.3 is 11.6 Å². The number of esters is 1. The third-order valence-corrected chi connectivity index (χ3v) is 3.49. The molecule has 0 aliphatic carbocycles. The van der Waals surface area contributed by atoms with Crippen LogP contribution in [0.2, 0.25) is 0 Å². The first-order valence-corrected chi connectivity index (χ1v) is 7.35. The molecule has 132 valence electrons. The Morgan fingerprint density at radius 2 is 1.84 bits per heavy atom. The molecular weight excluding hydrogens is 328 g/mol. The maximum absolute atomic E-state index is 12.6. The van der Waals surface area contributed by atoms with Crippen LogP contribution in [-0.2, 0) is 14.3 Å². The lowest BCUT2D eigenvalue weighted by molar-refractivity contribution is -0.152. The second kappa shape index (κ2) is 7.21. The summed E-state index contributed by atoms with van der Waals surface area (Å²) in [4.78, 5) is 35.8. The second-order valence-electron chi connectivity index (χ2n) is 5.33. The molecule has 0 N–H and O–H groups in total. The highest BCUT2D eigenvalue weighted by Gasteiger charge is 2.32. The number of rotatable bonds is 6. The molecule has 0 amide bonds. The highest BCUT2D eigenvalue weighted by atomic mass is 16.6. The van der Waals surface area contributed by atoms with Crippen LogP contribution in [0.5, 0.6) is 11.5 Å². The van der Waals surface area contributed by atoms with Gasteiger partial charge in [0.25, 0.3) is 0 Å². The number of hydrogen-bond donors (Lipinski definition) is 0. The quantitative estimate of drug-likeness (QED) is 0.451. The van der Waals surface area contributed by atoms with Crippen molar-refractivity contribution < 1.29 is 28.2 Å². The molecule has 1 atom stereocenters. The zero-order valence-electron chi connectivity index (χ0n) is 14.4. The van der Waals surface area contributed by atoms with Crippen molar-refractivity contribution in [3.05, 3.63) is 46.3 Å². The lowest BCUT2D eigenvalue weighted by Crippen LogP contribution is -2.20. The Hall–Kier alpha value is -3.09. The third kappa shape index (κ3) is 3.55. The number of ether oxygens (including phenoxy) is 3. The van der Waals surface area contributed by atoms with Crippen molar-refractivity contribution in [3.8, 4) is 11.5 Å². The fourth-order valence-electron chi connectivity index (χ4n) is 2.43. The lowest BCUT2D eigenvalue weighted by Gasteiger charge is -2.21. The summed E-state index contributed by atoms with van der Waals surface area (Å²) >= 11 is 0. The molecule has 0 saturated carbocycles. The Labute approximate surface area is 143 Å². The van der Waals surface area contributed by atoms with Gasteiger partial charge in [-0.25, -0.2) is 4.79 Å². The molecule has 2 rings (SSSR count). The second-order valence-corrected chi connectivity index (χ2v) is 5.33. The zero-order chi connectivity index (χ0) is 18.7. The first kappa shape index (κ1) is 18.3. The van der Waals surface area contributed by atoms with Crippen molar-refractivity contribution in [3.63, 3.8) is 0 Å². The summed E-state index contributed by atoms with van der Waals surface area (Å²) in [5, 5.41) is 0.485. The number of fused-ring (bicyclic) bond motifs is 1. The summed E-state index contributed by atoms with van der Waals surface area (Å²) in [7, 11) is 2.79. The number of ketones is 1. The summed E-state index contributed by atoms with van der Waals surface area (Å²) in [6.45, 7) is 6.26. The molecule has 1 aromatic carbocycles. The minimum absolute atomic E-state index is 0.0750. The predicted octanol–water partition coefficient (Wildman–Crippen LogP) is 2.56. The van der Waals surface area contributed by atoms with Gasteiger partial charge in [-0.3, -0.25) is 9.59 Å². The van der Waals surface area contributed by atoms with Crippen LogP contribution in [0.4, 0.5) is 0 Å². The van der Waals surface area contributed by atoms with E-state index in [2.05, 4.69) is 6.58 Å². The van der Waals surface area contributed by atoms with Crippen molar-refractivity contribution >= 4 is 22.7 Å². The minimum Gasteiger partial charge on any atom is -0.493 e. The summed E-state index contributed by atoms with van der Waals surface area (Å²) in [5.74, 6) is -0.804. The van der Waals surface area contributed by atoms with Crippen molar-refractivity contribution in [2.75, 3.05) is 14.2 Å². The van der Waals surface area contributed by atoms with E-state index in [1.165, 1.54) is 40.2 Å². The predicted molar refractivity (Wildman–Crippen MR) is 89.9 cm³/mol. The van der Waals surface area contributed by atoms with Crippen molar-refractivity contribution in [1.29, 1.82) is 0 Å². The van der Waals surface area contributed by atoms with Crippen molar-refractivity contribution in [2.24, 2.45) is 0 Å². The summed E-state index contributed by atoms with van der Waals surface area (Å²) < 4.78 is 21.1. The van der Waals surface area contributed by atoms with E-state index in [1.807, 2.05) is 0 Å². The molecule has 0 saturated heterocycles. The van der Waals surface area contributed by atoms with E-state index in [9.17, 15) is 14.4 Å². The number of carbonyl (C=O) groups is 2. The Morgan fingerprint density at radius 1 is 1.16 bits per heavy atom. The fourth-order valence-corrected chi connectivity index (χ4v) is 2.43. The van der Waals surface area contributed by atoms with Gasteiger partial charge in [0.1, 0.15) is 5.58 Å². The van der Waals surface area contributed by atoms with Gasteiger partial charge in [-0.2, -0.15) is 0 Å². The maximum atomic E-state index is 12.6. The van der Waals surface area contributed by atoms with E-state index in [1.54, 1.807) is 6.07 Å². The first-order chi connectivity index (χ1) is 11.8. The monoisotopic (exact) mass is 346 g/mol. The average molecular weight is 346 g/mol. The van der Waals surface area contributed by atoms with Gasteiger partial charge in [0.2, 0.25) is 5.78 Å². The van der Waals surface area contributed by atoms with Gasteiger partial charge in [-0.05, 0) is 24.6 Å². The van der Waals surface area contributed by atoms with Crippen LogP contribution in [0.3, 0.4) is 0 Å². The highest BCUT2D eigenvalue weighted by Crippen LogP contribution is 2.42. The van der Waals surface area contributed by atoms with Crippen LogP contribution in [0.25, 0.3) is 11.0 Å². The van der Waals surface area contributed by atoms with E-state index in [0.717, 1.165) is 0 Å². The summed E-state index contributed by atoms with van der Waals surface area (Å²) in [6.07, 6.45) is -1.38. The molecule has 1 unspecified atom stereocenters. The van der Waals surface area contributed by atoms with Gasteiger partial charge in [0.15, 0.2) is 17.6 Å². The standard InChI is InChI=1S/C18H18O7/c1-9(2)15(21)18(24-10(3)19)14-16-11(6-7-13(20)25-16)8-12(22-4)17(14)23-5/h6-8,18H,1H2,2-5H3. The molecule has 0 fully saturated rings. The average Bonchev–Trinajstić information content (AvgIpc) is 2.57. The summed E-state index contributed by atoms with van der Waals surface area (Å²) in [5.41, 5.74) is -0.281. The molecule has 0 spiro atoms. The molecule has 2 aromatic rings. The Balaban J connectivity index is 2.92. The molecule has 25 heavy (non-hydrogen) atoms. The molecule has 0 aliphatic heterocycles. The largest absolute Gasteiger partial charge is 0.493 e. The topological polar surface area (TPSA) is 92.0 Å². The number of benzene rings is 1. The highest BCUT2D eigenvalue weighted by molar-refractivity contribution is 6.02. The molecular formula is C18H18O7. The zero-order valence-corrected chi connectivity index (χ0v) is 14.4. The van der Waals surface area contributed by atoms with Crippen LogP contribution < -0.4 is 15.1 Å². The number of methoxy groups -OCH3 is 2. The van der Waals surface area contributed by atoms with Crippen molar-refractivity contribution in [1.82, 2.24) is 0 Å². The lowest BCUT2D eigenvalue weighted by atomic mass is 9.97. The normalized spacial score (nSPS) is 11.7. The maximum Gasteiger partial charge on any atom is 0.336 e. The molecule has 7 heteroatoms. The first-order valence-electron chi connectivity index (χ1n) is 7.35. The van der Waals surface area contributed by atoms with Gasteiger partial charge in [-0.1, -0.05) is 6.58 Å². The van der Waals surface area contributed by atoms with Gasteiger partial charge in [0, 0.05) is 18.4 Å². The van der Waals surface area contributed by atoms with Crippen LogP contribution in [-0.4, -0.2) is 26.0 Å². The summed E-state index contributed by atoms with van der Waals surface area (Å²) in [6, 6.07) is 4.35. The Morgan fingerprint density at radius 3 is 2.36 bits per heavy atom. The van der Waals surface area contributed by atoms with E-state index in [-0.39, 0.29) is 22.5 Å². The molecule has 1 aromatic heterocycles. The van der Waals surface area contributed by atoms with Crippen LogP contribution >= 0.6 is 0 Å². The smallest absolute Gasteiger partial charge is 0.336 e. The SMILES string of the molecule is C=C(C)C(=O)C(OC(C)=O)c1c(OC)c(OC)cc2ccc(=O)oc12. The minimum atomic E-state index is -1.38. The van der Waals surface area contributed by atoms with Gasteiger partial charge in [-0.15, -0.1) is 0 Å². The van der Waals surface area contributed by atoms with E-state index >= 15 is 0 Å². The van der Waals surface area contributed by atoms with E-state index in [4.69, 9.17) is 18.6 Å². The third-order valence-electron chi connectivity index (χ3n) is 3.49.